The van der Waals surface area contributed by atoms with Gasteiger partial charge in [0.1, 0.15) is 11.4 Å². The zero-order valence-corrected chi connectivity index (χ0v) is 17.0. The summed E-state index contributed by atoms with van der Waals surface area (Å²) in [5.41, 5.74) is -0.620. The fraction of sp³-hybridized carbons (Fsp3) is 0.667. The summed E-state index contributed by atoms with van der Waals surface area (Å²) in [4.78, 5) is 19.0. The van der Waals surface area contributed by atoms with Gasteiger partial charge in [0.2, 0.25) is 0 Å². The first kappa shape index (κ1) is 17.8. The van der Waals surface area contributed by atoms with E-state index in [-0.39, 0.29) is 11.6 Å². The van der Waals surface area contributed by atoms with E-state index in [1.54, 1.807) is 0 Å². The maximum Gasteiger partial charge on any atom is 0.408 e. The number of hydrogen-bond donors (Lipinski definition) is 1. The van der Waals surface area contributed by atoms with E-state index in [2.05, 4.69) is 56.8 Å². The molecule has 24 heavy (non-hydrogen) atoms. The Morgan fingerprint density at radius 1 is 1.33 bits per heavy atom. The molecule has 6 heteroatoms. The first-order valence-electron chi connectivity index (χ1n) is 8.51. The van der Waals surface area contributed by atoms with Crippen molar-refractivity contribution in [1.82, 2.24) is 10.3 Å². The molecule has 0 aromatic carbocycles. The Hall–Kier alpha value is -1.05. The average molecular weight is 443 g/mol. The normalized spacial score (nSPS) is 29.5. The van der Waals surface area contributed by atoms with Crippen LogP contribution in [0.15, 0.2) is 18.3 Å². The number of nitrogens with zero attached hydrogens (tertiary/aromatic N) is 2. The maximum absolute atomic E-state index is 12.1. The maximum atomic E-state index is 12.1. The standard InChI is InChI=1S/C18H26IN3O2/c1-17(2,3)24-16(23)21-18(4)7-12-10-22(11-13(12)8-18)15-6-5-14(19)9-20-15/h5-6,9,12-13H,7-8,10-11H2,1-4H3,(H,21,23)/t12-,13?,18-/m1/s1. The Balaban J connectivity index is 1.58. The van der Waals surface area contributed by atoms with E-state index in [0.29, 0.717) is 11.8 Å². The van der Waals surface area contributed by atoms with Gasteiger partial charge in [0, 0.05) is 28.4 Å². The van der Waals surface area contributed by atoms with Gasteiger partial charge in [-0.2, -0.15) is 0 Å². The first-order chi connectivity index (χ1) is 11.1. The minimum atomic E-state index is -0.456. The monoisotopic (exact) mass is 443 g/mol. The lowest BCUT2D eigenvalue weighted by Crippen LogP contribution is -2.47. The molecule has 5 nitrogen and oxygen atoms in total. The number of ether oxygens (including phenoxy) is 1. The van der Waals surface area contributed by atoms with Gasteiger partial charge in [-0.25, -0.2) is 9.78 Å². The summed E-state index contributed by atoms with van der Waals surface area (Å²) in [5, 5.41) is 3.11. The molecular formula is C18H26IN3O2. The average Bonchev–Trinajstić information content (AvgIpc) is 2.91. The number of amides is 1. The van der Waals surface area contributed by atoms with Crippen molar-refractivity contribution in [1.29, 1.82) is 0 Å². The highest BCUT2D eigenvalue weighted by Crippen LogP contribution is 2.44. The van der Waals surface area contributed by atoms with Crippen LogP contribution in [0.4, 0.5) is 10.6 Å². The van der Waals surface area contributed by atoms with Gasteiger partial charge < -0.3 is 15.0 Å². The van der Waals surface area contributed by atoms with Gasteiger partial charge in [0.25, 0.3) is 0 Å². The molecule has 2 heterocycles. The molecule has 2 fully saturated rings. The van der Waals surface area contributed by atoms with E-state index in [9.17, 15) is 4.79 Å². The van der Waals surface area contributed by atoms with Crippen LogP contribution >= 0.6 is 22.6 Å². The molecule has 0 radical (unpaired) electrons. The minimum absolute atomic E-state index is 0.163. The fourth-order valence-electron chi connectivity index (χ4n) is 4.04. The predicted octanol–water partition coefficient (Wildman–Crippen LogP) is 3.82. The highest BCUT2D eigenvalue weighted by atomic mass is 127. The summed E-state index contributed by atoms with van der Waals surface area (Å²) in [6.07, 6.45) is 3.61. The quantitative estimate of drug-likeness (QED) is 0.707. The van der Waals surface area contributed by atoms with E-state index in [4.69, 9.17) is 4.74 Å². The second-order valence-corrected chi connectivity index (χ2v) is 9.60. The molecule has 3 rings (SSSR count). The van der Waals surface area contributed by atoms with Crippen molar-refractivity contribution < 1.29 is 9.53 Å². The van der Waals surface area contributed by atoms with Gasteiger partial charge in [0.15, 0.2) is 0 Å². The lowest BCUT2D eigenvalue weighted by molar-refractivity contribution is 0.0462. The molecular weight excluding hydrogens is 417 g/mol. The Morgan fingerprint density at radius 3 is 2.46 bits per heavy atom. The molecule has 2 aliphatic rings. The third kappa shape index (κ3) is 4.13. The van der Waals surface area contributed by atoms with E-state index in [1.165, 1.54) is 0 Å². The molecule has 1 aliphatic heterocycles. The number of alkyl carbamates (subject to hydrolysis) is 1. The fourth-order valence-corrected chi connectivity index (χ4v) is 4.36. The third-order valence-electron chi connectivity index (χ3n) is 4.84. The highest BCUT2D eigenvalue weighted by molar-refractivity contribution is 14.1. The number of nitrogens with one attached hydrogen (secondary N) is 1. The van der Waals surface area contributed by atoms with Crippen LogP contribution in [-0.2, 0) is 4.74 Å². The molecule has 1 N–H and O–H groups in total. The van der Waals surface area contributed by atoms with Crippen LogP contribution in [0.5, 0.6) is 0 Å². The number of carbonyl (C=O) groups excluding carboxylic acids is 1. The Labute approximate surface area is 157 Å². The van der Waals surface area contributed by atoms with Crippen LogP contribution in [-0.4, -0.2) is 35.3 Å². The molecule has 1 unspecified atom stereocenters. The molecule has 3 atom stereocenters. The number of halogens is 1. The smallest absolute Gasteiger partial charge is 0.408 e. The number of anilines is 1. The molecule has 1 saturated heterocycles. The van der Waals surface area contributed by atoms with Crippen LogP contribution < -0.4 is 10.2 Å². The van der Waals surface area contributed by atoms with Crippen molar-refractivity contribution >= 4 is 34.5 Å². The molecule has 0 spiro atoms. The topological polar surface area (TPSA) is 54.5 Å². The van der Waals surface area contributed by atoms with Gasteiger partial charge in [-0.15, -0.1) is 0 Å². The SMILES string of the molecule is CC(C)(C)OC(=O)N[C@@]1(C)CC2CN(c3ccc(I)cn3)C[C@H]2C1. The van der Waals surface area contributed by atoms with Crippen LogP contribution in [0.3, 0.4) is 0 Å². The van der Waals surface area contributed by atoms with E-state index >= 15 is 0 Å². The van der Waals surface area contributed by atoms with E-state index < -0.39 is 5.60 Å². The molecule has 1 saturated carbocycles. The minimum Gasteiger partial charge on any atom is -0.444 e. The summed E-state index contributed by atoms with van der Waals surface area (Å²) in [7, 11) is 0. The molecule has 1 aromatic heterocycles. The van der Waals surface area contributed by atoms with Gasteiger partial charge in [-0.3, -0.25) is 0 Å². The molecule has 0 bridgehead atoms. The highest BCUT2D eigenvalue weighted by Gasteiger charge is 2.48. The lowest BCUT2D eigenvalue weighted by Gasteiger charge is -2.30. The molecule has 1 aromatic rings. The van der Waals surface area contributed by atoms with Gasteiger partial charge >= 0.3 is 6.09 Å². The van der Waals surface area contributed by atoms with Crippen LogP contribution in [0.1, 0.15) is 40.5 Å². The Bertz CT molecular complexity index is 598. The zero-order valence-electron chi connectivity index (χ0n) is 14.8. The summed E-state index contributed by atoms with van der Waals surface area (Å²) < 4.78 is 6.57. The third-order valence-corrected chi connectivity index (χ3v) is 5.48. The number of fused-ring (bicyclic) bond motifs is 1. The molecule has 132 valence electrons. The van der Waals surface area contributed by atoms with Crippen molar-refractivity contribution in [3.8, 4) is 0 Å². The predicted molar refractivity (Wildman–Crippen MR) is 103 cm³/mol. The number of pyridine rings is 1. The zero-order chi connectivity index (χ0) is 17.5. The van der Waals surface area contributed by atoms with Crippen LogP contribution in [0.2, 0.25) is 0 Å². The first-order valence-corrected chi connectivity index (χ1v) is 9.59. The van der Waals surface area contributed by atoms with Crippen molar-refractivity contribution in [2.24, 2.45) is 11.8 Å². The van der Waals surface area contributed by atoms with E-state index in [0.717, 1.165) is 35.3 Å². The molecule has 1 amide bonds. The lowest BCUT2D eigenvalue weighted by atomic mass is 9.98. The van der Waals surface area contributed by atoms with Gasteiger partial charge in [-0.05, 0) is 87.1 Å². The van der Waals surface area contributed by atoms with Crippen molar-refractivity contribution in [2.75, 3.05) is 18.0 Å². The number of hydrogen-bond acceptors (Lipinski definition) is 4. The Kier molecular flexibility index (Phi) is 4.70. The second kappa shape index (κ2) is 6.35. The summed E-state index contributed by atoms with van der Waals surface area (Å²) in [5.74, 6) is 2.27. The van der Waals surface area contributed by atoms with Gasteiger partial charge in [0.05, 0.1) is 0 Å². The van der Waals surface area contributed by atoms with E-state index in [1.807, 2.05) is 27.0 Å². The second-order valence-electron chi connectivity index (χ2n) is 8.36. The van der Waals surface area contributed by atoms with Crippen molar-refractivity contribution in [3.05, 3.63) is 21.9 Å². The molecule has 1 aliphatic carbocycles. The Morgan fingerprint density at radius 2 is 1.96 bits per heavy atom. The summed E-state index contributed by atoms with van der Waals surface area (Å²) in [6.45, 7) is 9.86. The van der Waals surface area contributed by atoms with Crippen LogP contribution in [0, 0.1) is 15.4 Å². The van der Waals surface area contributed by atoms with Gasteiger partial charge in [-0.1, -0.05) is 0 Å². The van der Waals surface area contributed by atoms with Crippen molar-refractivity contribution in [3.63, 3.8) is 0 Å². The number of carbonyl (C=O) groups is 1. The summed E-state index contributed by atoms with van der Waals surface area (Å²) in [6, 6.07) is 4.20. The number of aromatic nitrogens is 1. The van der Waals surface area contributed by atoms with Crippen molar-refractivity contribution in [2.45, 2.75) is 51.7 Å². The summed E-state index contributed by atoms with van der Waals surface area (Å²) >= 11 is 2.28. The van der Waals surface area contributed by atoms with Crippen LogP contribution in [0.25, 0.3) is 0 Å². The largest absolute Gasteiger partial charge is 0.444 e. The number of rotatable bonds is 2.